The minimum atomic E-state index is 0.309. The first-order valence-electron chi connectivity index (χ1n) is 5.32. The lowest BCUT2D eigenvalue weighted by Gasteiger charge is -2.36. The average Bonchev–Trinajstić information content (AvgIpc) is 2.17. The maximum absolute atomic E-state index is 7.28. The summed E-state index contributed by atoms with van der Waals surface area (Å²) in [7, 11) is 0. The van der Waals surface area contributed by atoms with Crippen LogP contribution in [-0.4, -0.2) is 40.9 Å². The fourth-order valence-corrected chi connectivity index (χ4v) is 3.04. The van der Waals surface area contributed by atoms with Crippen LogP contribution in [0.15, 0.2) is 0 Å². The van der Waals surface area contributed by atoms with Crippen LogP contribution in [0.4, 0.5) is 0 Å². The summed E-state index contributed by atoms with van der Waals surface area (Å²) in [6.45, 7) is 6.73. The van der Waals surface area contributed by atoms with E-state index < -0.39 is 0 Å². The Labute approximate surface area is 90.9 Å². The van der Waals surface area contributed by atoms with E-state index in [0.717, 1.165) is 18.3 Å². The second kappa shape index (κ2) is 5.61. The molecule has 0 aliphatic carbocycles. The van der Waals surface area contributed by atoms with Crippen molar-refractivity contribution in [2.45, 2.75) is 38.0 Å². The molecule has 1 rings (SSSR count). The van der Waals surface area contributed by atoms with Crippen LogP contribution in [0.2, 0.25) is 0 Å². The highest BCUT2D eigenvalue weighted by Gasteiger charge is 2.22. The zero-order valence-corrected chi connectivity index (χ0v) is 9.94. The Hall–Kier alpha value is -0.220. The molecule has 1 saturated heterocycles. The summed E-state index contributed by atoms with van der Waals surface area (Å²) < 4.78 is 0. The van der Waals surface area contributed by atoms with Gasteiger partial charge >= 0.3 is 0 Å². The van der Waals surface area contributed by atoms with E-state index in [2.05, 4.69) is 30.5 Å². The van der Waals surface area contributed by atoms with Gasteiger partial charge in [-0.15, -0.1) is 0 Å². The molecule has 1 aliphatic rings. The Morgan fingerprint density at radius 3 is 3.00 bits per heavy atom. The topological polar surface area (TPSA) is 53.1 Å². The first kappa shape index (κ1) is 11.9. The van der Waals surface area contributed by atoms with E-state index in [0.29, 0.717) is 18.3 Å². The molecule has 82 valence electrons. The highest BCUT2D eigenvalue weighted by Crippen LogP contribution is 2.22. The van der Waals surface area contributed by atoms with E-state index in [1.807, 2.05) is 0 Å². The number of hydrogen-bond donors (Lipinski definition) is 2. The first-order chi connectivity index (χ1) is 6.63. The van der Waals surface area contributed by atoms with Crippen LogP contribution in [0.3, 0.4) is 0 Å². The predicted molar refractivity (Wildman–Crippen MR) is 64.1 cm³/mol. The monoisotopic (exact) mass is 215 g/mol. The van der Waals surface area contributed by atoms with Crippen molar-refractivity contribution in [3.63, 3.8) is 0 Å². The zero-order chi connectivity index (χ0) is 10.6. The summed E-state index contributed by atoms with van der Waals surface area (Å²) in [4.78, 5) is 2.46. The third-order valence-electron chi connectivity index (χ3n) is 2.76. The van der Waals surface area contributed by atoms with Crippen molar-refractivity contribution >= 4 is 17.6 Å². The first-order valence-corrected chi connectivity index (χ1v) is 6.37. The molecule has 4 heteroatoms. The molecule has 0 radical (unpaired) electrons. The van der Waals surface area contributed by atoms with Gasteiger partial charge in [-0.2, -0.15) is 11.8 Å². The Kier molecular flexibility index (Phi) is 4.75. The van der Waals surface area contributed by atoms with Crippen LogP contribution in [0.25, 0.3) is 0 Å². The number of thioether (sulfide) groups is 1. The Balaban J connectivity index is 2.38. The zero-order valence-electron chi connectivity index (χ0n) is 9.12. The largest absolute Gasteiger partial charge is 0.388 e. The van der Waals surface area contributed by atoms with Gasteiger partial charge in [-0.1, -0.05) is 6.92 Å². The van der Waals surface area contributed by atoms with Gasteiger partial charge in [-0.05, 0) is 13.3 Å². The molecular weight excluding hydrogens is 194 g/mol. The summed E-state index contributed by atoms with van der Waals surface area (Å²) in [6.07, 6.45) is 1.95. The minimum Gasteiger partial charge on any atom is -0.388 e. The van der Waals surface area contributed by atoms with Gasteiger partial charge in [-0.3, -0.25) is 10.3 Å². The van der Waals surface area contributed by atoms with E-state index in [9.17, 15) is 0 Å². The fourth-order valence-electron chi connectivity index (χ4n) is 1.84. The number of rotatable bonds is 4. The summed E-state index contributed by atoms with van der Waals surface area (Å²) in [5.74, 6) is 1.53. The standard InChI is InChI=1S/C10H21N3S/c1-3-9-7-13(4-5-14-9)8(2)6-10(11)12/h8-9H,3-7H2,1-2H3,(H3,11,12). The van der Waals surface area contributed by atoms with Gasteiger partial charge in [0.15, 0.2) is 0 Å². The predicted octanol–water partition coefficient (Wildman–Crippen LogP) is 1.53. The molecule has 1 aliphatic heterocycles. The molecule has 0 aromatic rings. The number of nitrogens with two attached hydrogens (primary N) is 1. The van der Waals surface area contributed by atoms with Gasteiger partial charge in [0.25, 0.3) is 0 Å². The summed E-state index contributed by atoms with van der Waals surface area (Å²) in [6, 6.07) is 0.433. The van der Waals surface area contributed by atoms with Gasteiger partial charge in [0, 0.05) is 36.6 Å². The molecule has 1 heterocycles. The quantitative estimate of drug-likeness (QED) is 0.552. The van der Waals surface area contributed by atoms with Crippen molar-refractivity contribution in [1.29, 1.82) is 5.41 Å². The molecule has 0 aromatic carbocycles. The highest BCUT2D eigenvalue weighted by atomic mass is 32.2. The fraction of sp³-hybridized carbons (Fsp3) is 0.900. The van der Waals surface area contributed by atoms with E-state index >= 15 is 0 Å². The van der Waals surface area contributed by atoms with Crippen molar-refractivity contribution in [2.75, 3.05) is 18.8 Å². The lowest BCUT2D eigenvalue weighted by Crippen LogP contribution is -2.44. The minimum absolute atomic E-state index is 0.309. The Morgan fingerprint density at radius 1 is 1.71 bits per heavy atom. The van der Waals surface area contributed by atoms with E-state index in [-0.39, 0.29) is 0 Å². The van der Waals surface area contributed by atoms with Gasteiger partial charge < -0.3 is 5.73 Å². The molecule has 0 amide bonds. The molecule has 0 spiro atoms. The third-order valence-corrected chi connectivity index (χ3v) is 4.14. The summed E-state index contributed by atoms with van der Waals surface area (Å²) >= 11 is 2.08. The van der Waals surface area contributed by atoms with Crippen molar-refractivity contribution in [3.8, 4) is 0 Å². The number of hydrogen-bond acceptors (Lipinski definition) is 3. The van der Waals surface area contributed by atoms with Crippen molar-refractivity contribution in [2.24, 2.45) is 5.73 Å². The van der Waals surface area contributed by atoms with Gasteiger partial charge in [-0.25, -0.2) is 0 Å². The van der Waals surface area contributed by atoms with Crippen LogP contribution in [0.5, 0.6) is 0 Å². The van der Waals surface area contributed by atoms with Crippen molar-refractivity contribution in [1.82, 2.24) is 4.90 Å². The second-order valence-electron chi connectivity index (χ2n) is 3.97. The number of nitrogens with one attached hydrogen (secondary N) is 1. The summed E-state index contributed by atoms with van der Waals surface area (Å²) in [5, 5.41) is 8.06. The molecule has 14 heavy (non-hydrogen) atoms. The maximum atomic E-state index is 7.28. The van der Waals surface area contributed by atoms with E-state index in [1.165, 1.54) is 12.2 Å². The molecule has 3 nitrogen and oxygen atoms in total. The van der Waals surface area contributed by atoms with Crippen LogP contribution in [0, 0.1) is 5.41 Å². The average molecular weight is 215 g/mol. The van der Waals surface area contributed by atoms with Gasteiger partial charge in [0.2, 0.25) is 0 Å². The SMILES string of the molecule is CCC1CN(C(C)CC(=N)N)CCS1. The lowest BCUT2D eigenvalue weighted by atomic mass is 10.1. The van der Waals surface area contributed by atoms with E-state index in [1.54, 1.807) is 0 Å². The molecule has 2 atom stereocenters. The smallest absolute Gasteiger partial charge is 0.0920 e. The molecular formula is C10H21N3S. The van der Waals surface area contributed by atoms with Crippen LogP contribution in [-0.2, 0) is 0 Å². The Morgan fingerprint density at radius 2 is 2.43 bits per heavy atom. The Bertz CT molecular complexity index is 196. The van der Waals surface area contributed by atoms with E-state index in [4.69, 9.17) is 11.1 Å². The molecule has 1 fully saturated rings. The van der Waals surface area contributed by atoms with Crippen LogP contribution >= 0.6 is 11.8 Å². The van der Waals surface area contributed by atoms with Crippen LogP contribution < -0.4 is 5.73 Å². The van der Waals surface area contributed by atoms with Crippen molar-refractivity contribution < 1.29 is 0 Å². The molecule has 0 saturated carbocycles. The van der Waals surface area contributed by atoms with Crippen LogP contribution in [0.1, 0.15) is 26.7 Å². The normalized spacial score (nSPS) is 26.0. The summed E-state index contributed by atoms with van der Waals surface area (Å²) in [5.41, 5.74) is 5.42. The number of amidine groups is 1. The highest BCUT2D eigenvalue weighted by molar-refractivity contribution is 8.00. The van der Waals surface area contributed by atoms with Gasteiger partial charge in [0.1, 0.15) is 0 Å². The molecule has 0 bridgehead atoms. The third kappa shape index (κ3) is 3.50. The van der Waals surface area contributed by atoms with Crippen molar-refractivity contribution in [3.05, 3.63) is 0 Å². The second-order valence-corrected chi connectivity index (χ2v) is 5.38. The van der Waals surface area contributed by atoms with Gasteiger partial charge in [0.05, 0.1) is 5.84 Å². The maximum Gasteiger partial charge on any atom is 0.0920 e. The number of nitrogens with zero attached hydrogens (tertiary/aromatic N) is 1. The molecule has 2 unspecified atom stereocenters. The molecule has 3 N–H and O–H groups in total. The molecule has 0 aromatic heterocycles. The lowest BCUT2D eigenvalue weighted by molar-refractivity contribution is 0.219.